The summed E-state index contributed by atoms with van der Waals surface area (Å²) in [6.07, 6.45) is 2.44. The van der Waals surface area contributed by atoms with Gasteiger partial charge in [0.15, 0.2) is 12.3 Å². The molecule has 1 amide bonds. The van der Waals surface area contributed by atoms with Crippen LogP contribution < -0.4 is 15.0 Å². The molecule has 1 aliphatic rings. The van der Waals surface area contributed by atoms with Crippen molar-refractivity contribution in [2.45, 2.75) is 12.8 Å². The normalized spacial score (nSPS) is 14.7. The average molecular weight is 297 g/mol. The van der Waals surface area contributed by atoms with E-state index in [4.69, 9.17) is 4.74 Å². The number of carbonyl (C=O) groups is 1. The molecule has 0 bridgehead atoms. The summed E-state index contributed by atoms with van der Waals surface area (Å²) in [6, 6.07) is 17.1. The predicted molar refractivity (Wildman–Crippen MR) is 86.4 cm³/mol. The molecule has 4 heteroatoms. The molecule has 0 atom stereocenters. The number of hydrogen-bond donors (Lipinski definition) is 2. The van der Waals surface area contributed by atoms with Gasteiger partial charge in [0.05, 0.1) is 18.8 Å². The number of para-hydroxylation sites is 3. The molecule has 0 saturated carbocycles. The second kappa shape index (κ2) is 7.09. The van der Waals surface area contributed by atoms with Crippen LogP contribution in [0.15, 0.2) is 54.6 Å². The van der Waals surface area contributed by atoms with E-state index < -0.39 is 0 Å². The number of benzene rings is 2. The monoisotopic (exact) mass is 297 g/mol. The largest absolute Gasteiger partial charge is 0.455 e. The van der Waals surface area contributed by atoms with Crippen molar-refractivity contribution in [1.29, 1.82) is 0 Å². The Morgan fingerprint density at radius 1 is 1.00 bits per heavy atom. The third-order valence-corrected chi connectivity index (χ3v) is 3.85. The minimum atomic E-state index is 0.0426. The molecular weight excluding hydrogens is 276 g/mol. The minimum absolute atomic E-state index is 0.0426. The van der Waals surface area contributed by atoms with Gasteiger partial charge in [0.25, 0.3) is 5.91 Å². The molecule has 1 saturated heterocycles. The first kappa shape index (κ1) is 14.6. The van der Waals surface area contributed by atoms with Crippen molar-refractivity contribution in [3.05, 3.63) is 54.6 Å². The molecule has 2 N–H and O–H groups in total. The summed E-state index contributed by atoms with van der Waals surface area (Å²) in [6.45, 7) is 2.71. The van der Waals surface area contributed by atoms with Crippen LogP contribution in [0, 0.1) is 0 Å². The third-order valence-electron chi connectivity index (χ3n) is 3.85. The fraction of sp³-hybridized carbons (Fsp3) is 0.278. The summed E-state index contributed by atoms with van der Waals surface area (Å²) in [5.41, 5.74) is 0.718. The maximum absolute atomic E-state index is 12.2. The van der Waals surface area contributed by atoms with Gasteiger partial charge >= 0.3 is 0 Å². The summed E-state index contributed by atoms with van der Waals surface area (Å²) in [5.74, 6) is 1.47. The summed E-state index contributed by atoms with van der Waals surface area (Å²) in [4.78, 5) is 13.5. The van der Waals surface area contributed by atoms with Gasteiger partial charge in [0, 0.05) is 12.8 Å². The number of hydrogen-bond acceptors (Lipinski definition) is 2. The summed E-state index contributed by atoms with van der Waals surface area (Å²) in [7, 11) is 0. The van der Waals surface area contributed by atoms with E-state index in [2.05, 4.69) is 5.32 Å². The SMILES string of the molecule is O=C(C[NH+]1CCCC1)Nc1ccccc1Oc1ccccc1. The van der Waals surface area contributed by atoms with Crippen molar-refractivity contribution in [2.24, 2.45) is 0 Å². The molecular formula is C18H21N2O2+. The number of anilines is 1. The topological polar surface area (TPSA) is 42.8 Å². The van der Waals surface area contributed by atoms with Crippen LogP contribution in [-0.2, 0) is 4.79 Å². The number of quaternary nitrogens is 1. The molecule has 0 aromatic heterocycles. The van der Waals surface area contributed by atoms with E-state index in [0.717, 1.165) is 24.5 Å². The van der Waals surface area contributed by atoms with E-state index in [1.807, 2.05) is 54.6 Å². The van der Waals surface area contributed by atoms with Crippen LogP contribution in [0.4, 0.5) is 5.69 Å². The molecule has 0 aliphatic carbocycles. The number of amides is 1. The summed E-state index contributed by atoms with van der Waals surface area (Å²) < 4.78 is 5.86. The van der Waals surface area contributed by atoms with Crippen LogP contribution in [0.5, 0.6) is 11.5 Å². The Labute approximate surface area is 130 Å². The number of nitrogens with one attached hydrogen (secondary N) is 2. The third kappa shape index (κ3) is 3.86. The van der Waals surface area contributed by atoms with Gasteiger partial charge in [-0.1, -0.05) is 30.3 Å². The molecule has 4 nitrogen and oxygen atoms in total. The van der Waals surface area contributed by atoms with Gasteiger partial charge in [-0.3, -0.25) is 4.79 Å². The highest BCUT2D eigenvalue weighted by molar-refractivity contribution is 5.93. The highest BCUT2D eigenvalue weighted by Gasteiger charge is 2.19. The number of rotatable bonds is 5. The minimum Gasteiger partial charge on any atom is -0.455 e. The lowest BCUT2D eigenvalue weighted by atomic mass is 10.2. The molecule has 3 rings (SSSR count). The number of likely N-dealkylation sites (tertiary alicyclic amines) is 1. The van der Waals surface area contributed by atoms with Gasteiger partial charge in [-0.2, -0.15) is 0 Å². The first-order valence-corrected chi connectivity index (χ1v) is 7.76. The van der Waals surface area contributed by atoms with Crippen LogP contribution >= 0.6 is 0 Å². The zero-order chi connectivity index (χ0) is 15.2. The molecule has 1 aliphatic heterocycles. The van der Waals surface area contributed by atoms with Gasteiger partial charge in [-0.15, -0.1) is 0 Å². The Hall–Kier alpha value is -2.33. The number of ether oxygens (including phenoxy) is 1. The van der Waals surface area contributed by atoms with Crippen molar-refractivity contribution >= 4 is 11.6 Å². The molecule has 22 heavy (non-hydrogen) atoms. The lowest BCUT2D eigenvalue weighted by Gasteiger charge is -2.14. The maximum Gasteiger partial charge on any atom is 0.279 e. The smallest absolute Gasteiger partial charge is 0.279 e. The van der Waals surface area contributed by atoms with Crippen LogP contribution in [0.3, 0.4) is 0 Å². The van der Waals surface area contributed by atoms with Crippen LogP contribution in [-0.4, -0.2) is 25.5 Å². The molecule has 2 aromatic rings. The lowest BCUT2D eigenvalue weighted by molar-refractivity contribution is -0.878. The molecule has 0 radical (unpaired) electrons. The highest BCUT2D eigenvalue weighted by atomic mass is 16.5. The van der Waals surface area contributed by atoms with E-state index in [1.165, 1.54) is 17.7 Å². The van der Waals surface area contributed by atoms with Crippen LogP contribution in [0.2, 0.25) is 0 Å². The summed E-state index contributed by atoms with van der Waals surface area (Å²) in [5, 5.41) is 2.97. The lowest BCUT2D eigenvalue weighted by Crippen LogP contribution is -3.11. The molecule has 1 fully saturated rings. The zero-order valence-electron chi connectivity index (χ0n) is 12.5. The second-order valence-corrected chi connectivity index (χ2v) is 5.59. The maximum atomic E-state index is 12.2. The standard InChI is InChI=1S/C18H20N2O2/c21-18(14-20-12-6-7-13-20)19-16-10-4-5-11-17(16)22-15-8-2-1-3-9-15/h1-5,8-11H,6-7,12-14H2,(H,19,21)/p+1. The van der Waals surface area contributed by atoms with E-state index in [0.29, 0.717) is 12.3 Å². The van der Waals surface area contributed by atoms with Crippen LogP contribution in [0.25, 0.3) is 0 Å². The average Bonchev–Trinajstić information content (AvgIpc) is 3.03. The van der Waals surface area contributed by atoms with Crippen molar-refractivity contribution in [2.75, 3.05) is 25.0 Å². The highest BCUT2D eigenvalue weighted by Crippen LogP contribution is 2.28. The van der Waals surface area contributed by atoms with E-state index in [1.54, 1.807) is 0 Å². The Kier molecular flexibility index (Phi) is 4.71. The predicted octanol–water partition coefficient (Wildman–Crippen LogP) is 2.10. The van der Waals surface area contributed by atoms with Gasteiger partial charge in [0.1, 0.15) is 5.75 Å². The first-order chi connectivity index (χ1) is 10.8. The fourth-order valence-electron chi connectivity index (χ4n) is 2.75. The molecule has 2 aromatic carbocycles. The van der Waals surface area contributed by atoms with Crippen molar-refractivity contribution in [3.8, 4) is 11.5 Å². The Balaban J connectivity index is 1.66. The van der Waals surface area contributed by atoms with E-state index in [-0.39, 0.29) is 5.91 Å². The van der Waals surface area contributed by atoms with Gasteiger partial charge in [-0.25, -0.2) is 0 Å². The van der Waals surface area contributed by atoms with E-state index in [9.17, 15) is 4.79 Å². The fourth-order valence-corrected chi connectivity index (χ4v) is 2.75. The quantitative estimate of drug-likeness (QED) is 0.887. The van der Waals surface area contributed by atoms with Gasteiger partial charge in [0.2, 0.25) is 0 Å². The second-order valence-electron chi connectivity index (χ2n) is 5.59. The Bertz CT molecular complexity index is 622. The van der Waals surface area contributed by atoms with Gasteiger partial charge in [-0.05, 0) is 24.3 Å². The zero-order valence-corrected chi connectivity index (χ0v) is 12.5. The number of carbonyl (C=O) groups excluding carboxylic acids is 1. The Morgan fingerprint density at radius 2 is 1.68 bits per heavy atom. The van der Waals surface area contributed by atoms with Crippen molar-refractivity contribution in [3.63, 3.8) is 0 Å². The molecule has 114 valence electrons. The van der Waals surface area contributed by atoms with Crippen molar-refractivity contribution in [1.82, 2.24) is 0 Å². The molecule has 0 spiro atoms. The van der Waals surface area contributed by atoms with Crippen LogP contribution in [0.1, 0.15) is 12.8 Å². The van der Waals surface area contributed by atoms with E-state index >= 15 is 0 Å². The molecule has 0 unspecified atom stereocenters. The molecule has 1 heterocycles. The Morgan fingerprint density at radius 3 is 2.45 bits per heavy atom. The first-order valence-electron chi connectivity index (χ1n) is 7.76. The van der Waals surface area contributed by atoms with Gasteiger partial charge < -0.3 is 15.0 Å². The summed E-state index contributed by atoms with van der Waals surface area (Å²) >= 11 is 0. The van der Waals surface area contributed by atoms with Crippen molar-refractivity contribution < 1.29 is 14.4 Å².